The number of aryl methyl sites for hydroxylation is 1. The fraction of sp³-hybridized carbons (Fsp3) is 0.579. The summed E-state index contributed by atoms with van der Waals surface area (Å²) in [5, 5.41) is 15.3. The van der Waals surface area contributed by atoms with Crippen LogP contribution in [0.5, 0.6) is 0 Å². The van der Waals surface area contributed by atoms with Crippen LogP contribution >= 0.6 is 11.8 Å². The minimum Gasteiger partial charge on any atom is -0.366 e. The van der Waals surface area contributed by atoms with E-state index in [9.17, 15) is 4.79 Å². The van der Waals surface area contributed by atoms with E-state index >= 15 is 0 Å². The number of amides is 1. The molecule has 1 saturated heterocycles. The van der Waals surface area contributed by atoms with Gasteiger partial charge in [-0.05, 0) is 50.0 Å². The number of imidazole rings is 1. The van der Waals surface area contributed by atoms with Crippen LogP contribution in [0.25, 0.3) is 11.5 Å². The number of carbonyl (C=O) groups is 1. The Morgan fingerprint density at radius 2 is 2.00 bits per heavy atom. The minimum absolute atomic E-state index is 0.158. The van der Waals surface area contributed by atoms with Gasteiger partial charge in [-0.2, -0.15) is 11.8 Å². The summed E-state index contributed by atoms with van der Waals surface area (Å²) in [5.74, 6) is 4.23. The summed E-state index contributed by atoms with van der Waals surface area (Å²) in [4.78, 5) is 16.7. The molecule has 1 unspecified atom stereocenters. The Hall–Kier alpha value is -2.09. The van der Waals surface area contributed by atoms with E-state index in [0.717, 1.165) is 55.2 Å². The number of hydrogen-bond acceptors (Lipinski definition) is 6. The normalized spacial score (nSPS) is 25.3. The second kappa shape index (κ2) is 8.29. The van der Waals surface area contributed by atoms with Crippen LogP contribution in [0.1, 0.15) is 32.1 Å². The molecular formula is C19H26N6OS. The number of nitrogens with zero attached hydrogens (tertiary/aromatic N) is 4. The van der Waals surface area contributed by atoms with Crippen molar-refractivity contribution in [2.45, 2.75) is 44.2 Å². The largest absolute Gasteiger partial charge is 0.366 e. The number of rotatable bonds is 5. The van der Waals surface area contributed by atoms with Crippen molar-refractivity contribution in [2.75, 3.05) is 16.8 Å². The Morgan fingerprint density at radius 3 is 2.63 bits per heavy atom. The molecule has 1 atom stereocenters. The molecule has 1 aliphatic carbocycles. The molecule has 0 aromatic carbocycles. The second-order valence-electron chi connectivity index (χ2n) is 7.43. The molecule has 27 heavy (non-hydrogen) atoms. The van der Waals surface area contributed by atoms with Crippen LogP contribution < -0.4 is 10.6 Å². The number of aromatic nitrogens is 4. The summed E-state index contributed by atoms with van der Waals surface area (Å²) < 4.78 is 1.92. The van der Waals surface area contributed by atoms with Gasteiger partial charge in [0.2, 0.25) is 5.91 Å². The molecule has 2 aromatic heterocycles. The fourth-order valence-corrected chi connectivity index (χ4v) is 4.97. The lowest BCUT2D eigenvalue weighted by Gasteiger charge is -2.29. The number of hydrogen-bond donors (Lipinski definition) is 2. The van der Waals surface area contributed by atoms with E-state index in [0.29, 0.717) is 12.1 Å². The van der Waals surface area contributed by atoms with Gasteiger partial charge in [0.25, 0.3) is 0 Å². The summed E-state index contributed by atoms with van der Waals surface area (Å²) >= 11 is 1.93. The first-order valence-electron chi connectivity index (χ1n) is 9.65. The molecule has 0 radical (unpaired) electrons. The highest BCUT2D eigenvalue weighted by Gasteiger charge is 2.28. The number of carbonyl (C=O) groups excluding carboxylic acids is 1. The van der Waals surface area contributed by atoms with Gasteiger partial charge in [-0.1, -0.05) is 0 Å². The molecule has 1 amide bonds. The zero-order valence-corrected chi connectivity index (χ0v) is 16.4. The van der Waals surface area contributed by atoms with Crippen LogP contribution in [0.2, 0.25) is 0 Å². The van der Waals surface area contributed by atoms with Gasteiger partial charge in [0.05, 0.1) is 0 Å². The molecule has 4 rings (SSSR count). The Kier molecular flexibility index (Phi) is 5.61. The SMILES string of the molecule is Cn1ccnc1-c1ccc(NC2CCC(C(=O)NC3CCSC3)CC2)nn1. The minimum atomic E-state index is 0.158. The van der Waals surface area contributed by atoms with Gasteiger partial charge in [-0.3, -0.25) is 4.79 Å². The monoisotopic (exact) mass is 386 g/mol. The Labute approximate surface area is 163 Å². The highest BCUT2D eigenvalue weighted by atomic mass is 32.2. The number of anilines is 1. The average Bonchev–Trinajstić information content (AvgIpc) is 3.35. The lowest BCUT2D eigenvalue weighted by Crippen LogP contribution is -2.41. The van der Waals surface area contributed by atoms with Gasteiger partial charge in [0, 0.05) is 43.2 Å². The molecule has 3 heterocycles. The van der Waals surface area contributed by atoms with Crippen molar-refractivity contribution in [3.8, 4) is 11.5 Å². The first kappa shape index (κ1) is 18.3. The Morgan fingerprint density at radius 1 is 1.15 bits per heavy atom. The lowest BCUT2D eigenvalue weighted by molar-refractivity contribution is -0.126. The standard InChI is InChI=1S/C19H26N6OS/c1-25-10-9-20-18(25)16-6-7-17(24-23-16)21-14-4-2-13(3-5-14)19(26)22-15-8-11-27-12-15/h6-7,9-10,13-15H,2-5,8,11-12H2,1H3,(H,21,24)(H,22,26). The third-order valence-electron chi connectivity index (χ3n) is 5.44. The first-order valence-corrected chi connectivity index (χ1v) is 10.8. The van der Waals surface area contributed by atoms with E-state index in [1.54, 1.807) is 6.20 Å². The van der Waals surface area contributed by atoms with Gasteiger partial charge in [0.15, 0.2) is 5.82 Å². The molecule has 144 valence electrons. The summed E-state index contributed by atoms with van der Waals surface area (Å²) in [6.07, 6.45) is 8.60. The van der Waals surface area contributed by atoms with Gasteiger partial charge in [-0.25, -0.2) is 4.98 Å². The molecular weight excluding hydrogens is 360 g/mol. The van der Waals surface area contributed by atoms with E-state index in [4.69, 9.17) is 0 Å². The third kappa shape index (κ3) is 4.43. The van der Waals surface area contributed by atoms with Crippen LogP contribution in [0.15, 0.2) is 24.5 Å². The van der Waals surface area contributed by atoms with E-state index in [1.165, 1.54) is 5.75 Å². The average molecular weight is 387 g/mol. The van der Waals surface area contributed by atoms with E-state index in [-0.39, 0.29) is 11.8 Å². The quantitative estimate of drug-likeness (QED) is 0.821. The highest BCUT2D eigenvalue weighted by Crippen LogP contribution is 2.27. The summed E-state index contributed by atoms with van der Waals surface area (Å²) in [5.41, 5.74) is 0.763. The van der Waals surface area contributed by atoms with E-state index < -0.39 is 0 Å². The Bertz CT molecular complexity index is 763. The van der Waals surface area contributed by atoms with Crippen molar-refractivity contribution in [2.24, 2.45) is 13.0 Å². The van der Waals surface area contributed by atoms with E-state index in [1.807, 2.05) is 41.7 Å². The van der Waals surface area contributed by atoms with Crippen LogP contribution in [0.3, 0.4) is 0 Å². The number of nitrogens with one attached hydrogen (secondary N) is 2. The fourth-order valence-electron chi connectivity index (χ4n) is 3.82. The molecule has 2 aromatic rings. The molecule has 7 nitrogen and oxygen atoms in total. The van der Waals surface area contributed by atoms with Gasteiger partial charge in [0.1, 0.15) is 11.5 Å². The summed E-state index contributed by atoms with van der Waals surface area (Å²) in [6, 6.07) is 4.62. The topological polar surface area (TPSA) is 84.7 Å². The van der Waals surface area contributed by atoms with Crippen molar-refractivity contribution in [3.05, 3.63) is 24.5 Å². The van der Waals surface area contributed by atoms with Crippen LogP contribution in [-0.4, -0.2) is 49.2 Å². The highest BCUT2D eigenvalue weighted by molar-refractivity contribution is 7.99. The number of thioether (sulfide) groups is 1. The van der Waals surface area contributed by atoms with Crippen molar-refractivity contribution in [3.63, 3.8) is 0 Å². The van der Waals surface area contributed by atoms with Crippen LogP contribution in [0.4, 0.5) is 5.82 Å². The van der Waals surface area contributed by atoms with Gasteiger partial charge >= 0.3 is 0 Å². The third-order valence-corrected chi connectivity index (χ3v) is 6.60. The van der Waals surface area contributed by atoms with Gasteiger partial charge < -0.3 is 15.2 Å². The van der Waals surface area contributed by atoms with E-state index in [2.05, 4.69) is 25.8 Å². The second-order valence-corrected chi connectivity index (χ2v) is 8.58. The van der Waals surface area contributed by atoms with Crippen molar-refractivity contribution in [1.29, 1.82) is 0 Å². The van der Waals surface area contributed by atoms with Crippen molar-refractivity contribution < 1.29 is 4.79 Å². The first-order chi connectivity index (χ1) is 13.2. The Balaban J connectivity index is 1.26. The van der Waals surface area contributed by atoms with Gasteiger partial charge in [-0.15, -0.1) is 10.2 Å². The molecule has 2 aliphatic rings. The maximum Gasteiger partial charge on any atom is 0.223 e. The molecule has 2 N–H and O–H groups in total. The molecule has 1 saturated carbocycles. The predicted octanol–water partition coefficient (Wildman–Crippen LogP) is 2.47. The maximum atomic E-state index is 12.4. The smallest absolute Gasteiger partial charge is 0.223 e. The molecule has 0 bridgehead atoms. The predicted molar refractivity (Wildman–Crippen MR) is 107 cm³/mol. The molecule has 2 fully saturated rings. The van der Waals surface area contributed by atoms with Crippen LogP contribution in [-0.2, 0) is 11.8 Å². The van der Waals surface area contributed by atoms with Crippen molar-refractivity contribution in [1.82, 2.24) is 25.1 Å². The summed E-state index contributed by atoms with van der Waals surface area (Å²) in [7, 11) is 1.94. The maximum absolute atomic E-state index is 12.4. The lowest BCUT2D eigenvalue weighted by atomic mass is 9.85. The molecule has 1 aliphatic heterocycles. The molecule has 8 heteroatoms. The zero-order valence-electron chi connectivity index (χ0n) is 15.6. The molecule has 0 spiro atoms. The zero-order chi connectivity index (χ0) is 18.6. The van der Waals surface area contributed by atoms with Crippen molar-refractivity contribution >= 4 is 23.5 Å². The summed E-state index contributed by atoms with van der Waals surface area (Å²) in [6.45, 7) is 0. The van der Waals surface area contributed by atoms with Crippen LogP contribution in [0, 0.1) is 5.92 Å².